The van der Waals surface area contributed by atoms with Crippen molar-refractivity contribution >= 4 is 22.5 Å². The molecule has 37 heavy (non-hydrogen) atoms. The summed E-state index contributed by atoms with van der Waals surface area (Å²) in [6.45, 7) is 6.24. The minimum absolute atomic E-state index is 0.108. The van der Waals surface area contributed by atoms with Gasteiger partial charge in [0.25, 0.3) is 11.8 Å². The van der Waals surface area contributed by atoms with Gasteiger partial charge in [0.2, 0.25) is 5.89 Å². The number of alkyl halides is 2. The van der Waals surface area contributed by atoms with Gasteiger partial charge in [-0.1, -0.05) is 17.7 Å². The lowest BCUT2D eigenvalue weighted by Gasteiger charge is -2.21. The number of aliphatic hydroxyl groups is 1. The number of benzene rings is 2. The Morgan fingerprint density at radius 2 is 2.05 bits per heavy atom. The highest BCUT2D eigenvalue weighted by Gasteiger charge is 2.37. The number of carbonyl (C=O) groups excluding carboxylic acids is 1. The molecule has 0 bridgehead atoms. The van der Waals surface area contributed by atoms with Crippen LogP contribution in [0.25, 0.3) is 22.4 Å². The van der Waals surface area contributed by atoms with E-state index in [0.29, 0.717) is 42.3 Å². The fourth-order valence-corrected chi connectivity index (χ4v) is 4.56. The molecule has 2 aromatic heterocycles. The normalized spacial score (nSPS) is 15.9. The van der Waals surface area contributed by atoms with Gasteiger partial charge in [-0.3, -0.25) is 14.4 Å². The van der Waals surface area contributed by atoms with Crippen LogP contribution in [0.5, 0.6) is 0 Å². The number of fused-ring (bicyclic) bond motifs is 1. The van der Waals surface area contributed by atoms with Crippen LogP contribution >= 0.6 is 0 Å². The summed E-state index contributed by atoms with van der Waals surface area (Å²) < 4.78 is 34.2. The van der Waals surface area contributed by atoms with Crippen LogP contribution in [0.2, 0.25) is 0 Å². The first-order chi connectivity index (χ1) is 17.5. The lowest BCUT2D eigenvalue weighted by Crippen LogP contribution is -2.28. The molecule has 10 heteroatoms. The van der Waals surface area contributed by atoms with Crippen molar-refractivity contribution in [3.63, 3.8) is 0 Å². The van der Waals surface area contributed by atoms with Gasteiger partial charge in [-0.2, -0.15) is 5.10 Å². The van der Waals surface area contributed by atoms with E-state index < -0.39 is 17.4 Å². The fourth-order valence-electron chi connectivity index (χ4n) is 4.56. The van der Waals surface area contributed by atoms with E-state index in [-0.39, 0.29) is 18.7 Å². The van der Waals surface area contributed by atoms with Gasteiger partial charge in [0.15, 0.2) is 5.69 Å². The van der Waals surface area contributed by atoms with Crippen molar-refractivity contribution in [1.82, 2.24) is 19.7 Å². The number of aromatic nitrogens is 3. The maximum absolute atomic E-state index is 13.5. The zero-order valence-corrected chi connectivity index (χ0v) is 21.0. The first kappa shape index (κ1) is 25.0. The van der Waals surface area contributed by atoms with Crippen molar-refractivity contribution in [3.05, 3.63) is 65.7 Å². The van der Waals surface area contributed by atoms with Crippen molar-refractivity contribution < 1.29 is 23.1 Å². The van der Waals surface area contributed by atoms with Crippen molar-refractivity contribution in [2.24, 2.45) is 0 Å². The van der Waals surface area contributed by atoms with Crippen LogP contribution < -0.4 is 5.32 Å². The zero-order valence-electron chi connectivity index (χ0n) is 21.0. The molecule has 1 amide bonds. The third-order valence-corrected chi connectivity index (χ3v) is 6.49. The summed E-state index contributed by atoms with van der Waals surface area (Å²) in [5, 5.41) is 18.9. The predicted molar refractivity (Wildman–Crippen MR) is 136 cm³/mol. The van der Waals surface area contributed by atoms with Crippen LogP contribution in [0, 0.1) is 6.92 Å². The number of amides is 1. The molecule has 0 atom stereocenters. The maximum Gasteiger partial charge on any atom is 0.277 e. The zero-order chi connectivity index (χ0) is 26.4. The number of anilines is 1. The lowest BCUT2D eigenvalue weighted by atomic mass is 9.95. The van der Waals surface area contributed by atoms with Gasteiger partial charge >= 0.3 is 0 Å². The molecule has 194 valence electrons. The number of carbonyl (C=O) groups is 1. The molecule has 0 radical (unpaired) electrons. The maximum atomic E-state index is 13.5. The van der Waals surface area contributed by atoms with Crippen molar-refractivity contribution in [1.29, 1.82) is 0 Å². The Morgan fingerprint density at radius 1 is 1.24 bits per heavy atom. The molecule has 8 nitrogen and oxygen atoms in total. The SMILES string of the molecule is Cc1cccc(-c2nc(C(=O)Nc3cc4cn(CCN5CCC(F)(F)C5)nc4cc3C(C)(C)O)co2)c1. The van der Waals surface area contributed by atoms with Crippen LogP contribution in [0.15, 0.2) is 53.3 Å². The van der Waals surface area contributed by atoms with Gasteiger partial charge in [0.05, 0.1) is 24.2 Å². The number of rotatable bonds is 7. The van der Waals surface area contributed by atoms with Gasteiger partial charge < -0.3 is 14.8 Å². The van der Waals surface area contributed by atoms with Crippen LogP contribution in [0.3, 0.4) is 0 Å². The first-order valence-electron chi connectivity index (χ1n) is 12.1. The number of hydrogen-bond donors (Lipinski definition) is 2. The van der Waals surface area contributed by atoms with Crippen molar-refractivity contribution in [2.75, 3.05) is 25.0 Å². The number of hydrogen-bond acceptors (Lipinski definition) is 6. The van der Waals surface area contributed by atoms with E-state index in [9.17, 15) is 18.7 Å². The second-order valence-corrected chi connectivity index (χ2v) is 10.2. The predicted octanol–water partition coefficient (Wildman–Crippen LogP) is 4.82. The Labute approximate surface area is 212 Å². The van der Waals surface area contributed by atoms with Crippen molar-refractivity contribution in [2.45, 2.75) is 45.3 Å². The second-order valence-electron chi connectivity index (χ2n) is 10.2. The molecule has 2 aromatic carbocycles. The van der Waals surface area contributed by atoms with Crippen LogP contribution in [0.1, 0.15) is 41.9 Å². The fraction of sp³-hybridized carbons (Fsp3) is 0.370. The summed E-state index contributed by atoms with van der Waals surface area (Å²) in [7, 11) is 0. The molecule has 0 unspecified atom stereocenters. The Bertz CT molecular complexity index is 1450. The summed E-state index contributed by atoms with van der Waals surface area (Å²) in [6, 6.07) is 11.1. The van der Waals surface area contributed by atoms with E-state index in [4.69, 9.17) is 4.42 Å². The molecule has 0 spiro atoms. The number of oxazole rings is 1. The molecule has 1 aliphatic heterocycles. The minimum atomic E-state index is -2.63. The van der Waals surface area contributed by atoms with E-state index in [1.165, 1.54) is 6.26 Å². The van der Waals surface area contributed by atoms with Gasteiger partial charge in [0, 0.05) is 47.9 Å². The van der Waals surface area contributed by atoms with Crippen LogP contribution in [-0.4, -0.2) is 56.2 Å². The molecular formula is C27H29F2N5O3. The Kier molecular flexibility index (Phi) is 6.33. The molecule has 0 saturated carbocycles. The summed E-state index contributed by atoms with van der Waals surface area (Å²) in [5.41, 5.74) is 2.19. The number of nitrogens with one attached hydrogen (secondary N) is 1. The van der Waals surface area contributed by atoms with E-state index in [0.717, 1.165) is 16.5 Å². The highest BCUT2D eigenvalue weighted by molar-refractivity contribution is 6.04. The van der Waals surface area contributed by atoms with E-state index in [2.05, 4.69) is 15.4 Å². The molecular weight excluding hydrogens is 480 g/mol. The topological polar surface area (TPSA) is 96.4 Å². The highest BCUT2D eigenvalue weighted by atomic mass is 19.3. The molecule has 4 aromatic rings. The number of halogens is 2. The average Bonchev–Trinajstić information content (AvgIpc) is 3.54. The quantitative estimate of drug-likeness (QED) is 0.371. The first-order valence-corrected chi connectivity index (χ1v) is 12.1. The van der Waals surface area contributed by atoms with E-state index in [1.54, 1.807) is 41.8 Å². The largest absolute Gasteiger partial charge is 0.444 e. The Balaban J connectivity index is 1.37. The molecule has 0 aliphatic carbocycles. The molecule has 1 fully saturated rings. The van der Waals surface area contributed by atoms with Crippen LogP contribution in [0.4, 0.5) is 14.5 Å². The number of nitrogens with zero attached hydrogens (tertiary/aromatic N) is 4. The van der Waals surface area contributed by atoms with Crippen molar-refractivity contribution in [3.8, 4) is 11.5 Å². The molecule has 3 heterocycles. The average molecular weight is 510 g/mol. The molecule has 1 saturated heterocycles. The van der Waals surface area contributed by atoms with Crippen LogP contribution in [-0.2, 0) is 12.1 Å². The van der Waals surface area contributed by atoms with Gasteiger partial charge in [0.1, 0.15) is 6.26 Å². The Morgan fingerprint density at radius 3 is 2.76 bits per heavy atom. The Hall–Kier alpha value is -3.63. The second kappa shape index (κ2) is 9.35. The lowest BCUT2D eigenvalue weighted by molar-refractivity contribution is 0.0119. The number of aryl methyl sites for hydroxylation is 1. The third-order valence-electron chi connectivity index (χ3n) is 6.49. The summed E-state index contributed by atoms with van der Waals surface area (Å²) in [6.07, 6.45) is 2.98. The summed E-state index contributed by atoms with van der Waals surface area (Å²) >= 11 is 0. The van der Waals surface area contributed by atoms with Gasteiger partial charge in [-0.25, -0.2) is 13.8 Å². The standard InChI is InChI=1S/C27H29F2N5O3/c1-17-5-4-6-18(11-17)25-31-23(15-37-25)24(35)30-22-12-19-14-34(10-9-33-8-7-27(28,29)16-33)32-21(19)13-20(22)26(2,3)36/h4-6,11-15,36H,7-10,16H2,1-3H3,(H,30,35). The van der Waals surface area contributed by atoms with Gasteiger partial charge in [-0.05, 0) is 45.0 Å². The molecule has 1 aliphatic rings. The van der Waals surface area contributed by atoms with E-state index >= 15 is 0 Å². The number of likely N-dealkylation sites (tertiary alicyclic amines) is 1. The smallest absolute Gasteiger partial charge is 0.277 e. The van der Waals surface area contributed by atoms with Gasteiger partial charge in [-0.15, -0.1) is 0 Å². The van der Waals surface area contributed by atoms with E-state index in [1.807, 2.05) is 31.2 Å². The highest BCUT2D eigenvalue weighted by Crippen LogP contribution is 2.32. The molecule has 2 N–H and O–H groups in total. The molecule has 5 rings (SSSR count). The summed E-state index contributed by atoms with van der Waals surface area (Å²) in [5.74, 6) is -2.77. The summed E-state index contributed by atoms with van der Waals surface area (Å²) in [4.78, 5) is 19.1. The monoisotopic (exact) mass is 509 g/mol. The third kappa shape index (κ3) is 5.55. The minimum Gasteiger partial charge on any atom is -0.444 e.